The van der Waals surface area contributed by atoms with Crippen LogP contribution in [0.4, 0.5) is 0 Å². The minimum Gasteiger partial charge on any atom is -0.293 e. The van der Waals surface area contributed by atoms with Gasteiger partial charge in [-0.05, 0) is 19.1 Å². The fraction of sp³-hybridized carbons (Fsp3) is 0.182. The summed E-state index contributed by atoms with van der Waals surface area (Å²) in [4.78, 5) is 11.3. The highest BCUT2D eigenvalue weighted by atomic mass is 16.1. The lowest BCUT2D eigenvalue weighted by atomic mass is 10.2. The van der Waals surface area contributed by atoms with Gasteiger partial charge in [0.05, 0.1) is 11.9 Å². The molecule has 0 bridgehead atoms. The van der Waals surface area contributed by atoms with E-state index in [1.54, 1.807) is 4.68 Å². The lowest BCUT2D eigenvalue weighted by Crippen LogP contribution is -2.05. The third-order valence-corrected chi connectivity index (χ3v) is 2.19. The van der Waals surface area contributed by atoms with Crippen LogP contribution in [0.2, 0.25) is 0 Å². The molecule has 1 heterocycles. The Kier molecular flexibility index (Phi) is 2.33. The quantitative estimate of drug-likeness (QED) is 0.696. The Morgan fingerprint density at radius 1 is 1.27 bits per heavy atom. The lowest BCUT2D eigenvalue weighted by Gasteiger charge is -2.03. The van der Waals surface area contributed by atoms with Crippen molar-refractivity contribution in [3.8, 4) is 5.69 Å². The number of rotatable bonds is 2. The van der Waals surface area contributed by atoms with E-state index in [9.17, 15) is 4.79 Å². The second kappa shape index (κ2) is 3.65. The van der Waals surface area contributed by atoms with E-state index in [4.69, 9.17) is 0 Å². The molecule has 0 aliphatic rings. The number of benzene rings is 1. The molecular formula is C11H11N3O. The number of ketones is 1. The normalized spacial score (nSPS) is 10.3. The monoisotopic (exact) mass is 201 g/mol. The summed E-state index contributed by atoms with van der Waals surface area (Å²) in [7, 11) is 0. The molecule has 0 saturated carbocycles. The van der Waals surface area contributed by atoms with Crippen LogP contribution >= 0.6 is 0 Å². The molecule has 0 radical (unpaired) electrons. The summed E-state index contributed by atoms with van der Waals surface area (Å²) in [5.41, 5.74) is 2.52. The van der Waals surface area contributed by atoms with Gasteiger partial charge in [0.25, 0.3) is 0 Å². The Morgan fingerprint density at radius 2 is 1.93 bits per heavy atom. The van der Waals surface area contributed by atoms with Gasteiger partial charge in [-0.3, -0.25) is 4.79 Å². The van der Waals surface area contributed by atoms with Crippen LogP contribution in [0.5, 0.6) is 0 Å². The Labute approximate surface area is 87.5 Å². The summed E-state index contributed by atoms with van der Waals surface area (Å²) < 4.78 is 1.54. The standard InChI is InChI=1S/C11H11N3O/c1-8-3-5-10(6-4-8)14-11(9(2)15)7-12-13-14/h3-7H,1-2H3. The summed E-state index contributed by atoms with van der Waals surface area (Å²) in [5.74, 6) is -0.0411. The molecule has 0 atom stereocenters. The average molecular weight is 201 g/mol. The molecule has 0 fully saturated rings. The first-order valence-corrected chi connectivity index (χ1v) is 4.67. The first kappa shape index (κ1) is 9.58. The van der Waals surface area contributed by atoms with Gasteiger partial charge in [-0.1, -0.05) is 22.9 Å². The van der Waals surface area contributed by atoms with Crippen LogP contribution in [0.1, 0.15) is 23.0 Å². The van der Waals surface area contributed by atoms with Crippen LogP contribution in [0.25, 0.3) is 5.69 Å². The topological polar surface area (TPSA) is 47.8 Å². The molecule has 0 N–H and O–H groups in total. The molecule has 0 unspecified atom stereocenters. The first-order chi connectivity index (χ1) is 7.18. The van der Waals surface area contributed by atoms with Crippen molar-refractivity contribution < 1.29 is 4.79 Å². The molecule has 0 saturated heterocycles. The third kappa shape index (κ3) is 1.79. The predicted octanol–water partition coefficient (Wildman–Crippen LogP) is 1.78. The summed E-state index contributed by atoms with van der Waals surface area (Å²) >= 11 is 0. The Morgan fingerprint density at radius 3 is 2.53 bits per heavy atom. The number of hydrogen-bond donors (Lipinski definition) is 0. The summed E-state index contributed by atoms with van der Waals surface area (Å²) in [6.07, 6.45) is 1.47. The van der Waals surface area contributed by atoms with Crippen molar-refractivity contribution in [2.75, 3.05) is 0 Å². The Balaban J connectivity index is 2.49. The Bertz CT molecular complexity index is 485. The summed E-state index contributed by atoms with van der Waals surface area (Å²) in [5, 5.41) is 7.62. The largest absolute Gasteiger partial charge is 0.293 e. The summed E-state index contributed by atoms with van der Waals surface area (Å²) in [6.45, 7) is 3.51. The van der Waals surface area contributed by atoms with Crippen molar-refractivity contribution >= 4 is 5.78 Å². The molecular weight excluding hydrogens is 190 g/mol. The van der Waals surface area contributed by atoms with E-state index < -0.39 is 0 Å². The van der Waals surface area contributed by atoms with Crippen LogP contribution in [-0.4, -0.2) is 20.8 Å². The fourth-order valence-corrected chi connectivity index (χ4v) is 1.35. The zero-order valence-electron chi connectivity index (χ0n) is 8.64. The number of carbonyl (C=O) groups excluding carboxylic acids is 1. The molecule has 76 valence electrons. The van der Waals surface area contributed by atoms with Gasteiger partial charge >= 0.3 is 0 Å². The number of carbonyl (C=O) groups is 1. The van der Waals surface area contributed by atoms with Crippen molar-refractivity contribution in [1.29, 1.82) is 0 Å². The molecule has 1 aromatic heterocycles. The van der Waals surface area contributed by atoms with E-state index in [1.165, 1.54) is 18.7 Å². The Hall–Kier alpha value is -1.97. The molecule has 0 spiro atoms. The molecule has 4 heteroatoms. The molecule has 0 amide bonds. The minimum absolute atomic E-state index is 0.0411. The van der Waals surface area contributed by atoms with Crippen molar-refractivity contribution in [1.82, 2.24) is 15.0 Å². The van der Waals surface area contributed by atoms with Crippen LogP contribution < -0.4 is 0 Å². The number of aryl methyl sites for hydroxylation is 1. The van der Waals surface area contributed by atoms with E-state index in [0.717, 1.165) is 5.69 Å². The van der Waals surface area contributed by atoms with Gasteiger partial charge in [0.2, 0.25) is 0 Å². The van der Waals surface area contributed by atoms with Gasteiger partial charge in [0.1, 0.15) is 5.69 Å². The fourth-order valence-electron chi connectivity index (χ4n) is 1.35. The molecule has 4 nitrogen and oxygen atoms in total. The van der Waals surface area contributed by atoms with Crippen molar-refractivity contribution in [3.05, 3.63) is 41.7 Å². The van der Waals surface area contributed by atoms with Crippen LogP contribution in [0, 0.1) is 6.92 Å². The zero-order valence-corrected chi connectivity index (χ0v) is 8.64. The highest BCUT2D eigenvalue weighted by Crippen LogP contribution is 2.10. The zero-order chi connectivity index (χ0) is 10.8. The highest BCUT2D eigenvalue weighted by Gasteiger charge is 2.09. The van der Waals surface area contributed by atoms with Gasteiger partial charge in [-0.15, -0.1) is 5.10 Å². The smallest absolute Gasteiger partial charge is 0.179 e. The molecule has 15 heavy (non-hydrogen) atoms. The SMILES string of the molecule is CC(=O)c1cnnn1-c1ccc(C)cc1. The number of nitrogens with zero attached hydrogens (tertiary/aromatic N) is 3. The van der Waals surface area contributed by atoms with Gasteiger partial charge in [-0.2, -0.15) is 0 Å². The third-order valence-electron chi connectivity index (χ3n) is 2.19. The molecule has 0 aliphatic heterocycles. The van der Waals surface area contributed by atoms with Crippen LogP contribution in [0.15, 0.2) is 30.5 Å². The van der Waals surface area contributed by atoms with Crippen molar-refractivity contribution in [2.24, 2.45) is 0 Å². The molecule has 0 aliphatic carbocycles. The average Bonchev–Trinajstić information content (AvgIpc) is 2.67. The number of Topliss-reactive ketones (excluding diaryl/α,β-unsaturated/α-hetero) is 1. The molecule has 2 rings (SSSR count). The number of aromatic nitrogens is 3. The van der Waals surface area contributed by atoms with E-state index in [2.05, 4.69) is 10.3 Å². The van der Waals surface area contributed by atoms with Crippen molar-refractivity contribution in [2.45, 2.75) is 13.8 Å². The maximum absolute atomic E-state index is 11.3. The summed E-state index contributed by atoms with van der Waals surface area (Å²) in [6, 6.07) is 7.77. The van der Waals surface area contributed by atoms with E-state index >= 15 is 0 Å². The highest BCUT2D eigenvalue weighted by molar-refractivity contribution is 5.92. The molecule has 1 aromatic carbocycles. The van der Waals surface area contributed by atoms with Gasteiger partial charge in [-0.25, -0.2) is 4.68 Å². The van der Waals surface area contributed by atoms with Crippen LogP contribution in [0.3, 0.4) is 0 Å². The maximum atomic E-state index is 11.3. The number of hydrogen-bond acceptors (Lipinski definition) is 3. The predicted molar refractivity (Wildman–Crippen MR) is 56.1 cm³/mol. The second-order valence-corrected chi connectivity index (χ2v) is 3.42. The van der Waals surface area contributed by atoms with Gasteiger partial charge in [0.15, 0.2) is 5.78 Å². The lowest BCUT2D eigenvalue weighted by molar-refractivity contribution is 0.101. The minimum atomic E-state index is -0.0411. The second-order valence-electron chi connectivity index (χ2n) is 3.42. The first-order valence-electron chi connectivity index (χ1n) is 4.67. The van der Waals surface area contributed by atoms with E-state index in [-0.39, 0.29) is 5.78 Å². The van der Waals surface area contributed by atoms with Crippen LogP contribution in [-0.2, 0) is 0 Å². The van der Waals surface area contributed by atoms with E-state index in [1.807, 2.05) is 31.2 Å². The maximum Gasteiger partial charge on any atom is 0.179 e. The van der Waals surface area contributed by atoms with Gasteiger partial charge < -0.3 is 0 Å². The van der Waals surface area contributed by atoms with Gasteiger partial charge in [0, 0.05) is 6.92 Å². The molecule has 2 aromatic rings. The van der Waals surface area contributed by atoms with E-state index in [0.29, 0.717) is 5.69 Å². The van der Waals surface area contributed by atoms with Crippen molar-refractivity contribution in [3.63, 3.8) is 0 Å².